The third-order valence-corrected chi connectivity index (χ3v) is 5.87. The van der Waals surface area contributed by atoms with Crippen LogP contribution in [0.15, 0.2) is 72.8 Å². The number of nitrogens with zero attached hydrogens (tertiary/aromatic N) is 1. The Bertz CT molecular complexity index is 1030. The summed E-state index contributed by atoms with van der Waals surface area (Å²) in [6, 6.07) is 25.2. The minimum atomic E-state index is 0.00808. The van der Waals surface area contributed by atoms with Crippen molar-refractivity contribution in [2.45, 2.75) is 19.1 Å². The highest BCUT2D eigenvalue weighted by atomic mass is 16.1. The van der Waals surface area contributed by atoms with Crippen LogP contribution in [0.25, 0.3) is 0 Å². The van der Waals surface area contributed by atoms with Gasteiger partial charge in [0.05, 0.1) is 16.9 Å². The van der Waals surface area contributed by atoms with Crippen LogP contribution >= 0.6 is 0 Å². The minimum absolute atomic E-state index is 0.00808. The smallest absolute Gasteiger partial charge is 0.253 e. The van der Waals surface area contributed by atoms with E-state index in [0.29, 0.717) is 6.54 Å². The molecule has 2 aliphatic heterocycles. The maximum Gasteiger partial charge on any atom is 0.253 e. The van der Waals surface area contributed by atoms with Gasteiger partial charge in [-0.1, -0.05) is 60.7 Å². The van der Waals surface area contributed by atoms with Crippen molar-refractivity contribution in [3.8, 4) is 0 Å². The molecule has 0 spiro atoms. The van der Waals surface area contributed by atoms with Crippen LogP contribution in [0.4, 0.5) is 11.4 Å². The number of hydrogen-bond acceptors (Lipinski definition) is 4. The number of anilines is 2. The van der Waals surface area contributed by atoms with Crippen molar-refractivity contribution in [2.24, 2.45) is 0 Å². The molecule has 3 N–H and O–H groups in total. The fourth-order valence-electron chi connectivity index (χ4n) is 4.32. The first-order chi connectivity index (χ1) is 14.8. The molecule has 0 saturated carbocycles. The summed E-state index contributed by atoms with van der Waals surface area (Å²) in [6.45, 7) is 3.26. The maximum atomic E-state index is 12.4. The van der Waals surface area contributed by atoms with Crippen molar-refractivity contribution >= 4 is 17.3 Å². The fraction of sp³-hybridized carbons (Fsp3) is 0.240. The monoisotopic (exact) mass is 398 g/mol. The minimum Gasteiger partial charge on any atom is -0.360 e. The standard InChI is InChI=1S/C25H26N4O/c30-25-21-7-4-8-22-23(21)29(16-15-27-25)24(28-22)20-11-9-19(10-12-20)17-26-14-13-18-5-2-1-3-6-18/h1-12,24,26,28H,13-17H2,(H,27,30). The number of hydrogen-bond donors (Lipinski definition) is 3. The number of rotatable bonds is 6. The topological polar surface area (TPSA) is 56.4 Å². The first-order valence-corrected chi connectivity index (χ1v) is 10.6. The van der Waals surface area contributed by atoms with Crippen LogP contribution < -0.4 is 20.9 Å². The molecule has 1 atom stereocenters. The van der Waals surface area contributed by atoms with Gasteiger partial charge < -0.3 is 20.9 Å². The summed E-state index contributed by atoms with van der Waals surface area (Å²) in [4.78, 5) is 14.7. The second kappa shape index (κ2) is 8.20. The summed E-state index contributed by atoms with van der Waals surface area (Å²) >= 11 is 0. The predicted molar refractivity (Wildman–Crippen MR) is 121 cm³/mol. The van der Waals surface area contributed by atoms with Crippen molar-refractivity contribution < 1.29 is 4.79 Å². The van der Waals surface area contributed by atoms with Crippen molar-refractivity contribution in [1.29, 1.82) is 0 Å². The summed E-state index contributed by atoms with van der Waals surface area (Å²) in [5, 5.41) is 10.1. The first-order valence-electron chi connectivity index (χ1n) is 10.6. The summed E-state index contributed by atoms with van der Waals surface area (Å²) < 4.78 is 0. The highest BCUT2D eigenvalue weighted by molar-refractivity contribution is 6.04. The molecule has 0 aliphatic carbocycles. The molecule has 0 fully saturated rings. The number of para-hydroxylation sites is 1. The molecule has 1 unspecified atom stereocenters. The van der Waals surface area contributed by atoms with Gasteiger partial charge >= 0.3 is 0 Å². The molecule has 5 nitrogen and oxygen atoms in total. The summed E-state index contributed by atoms with van der Waals surface area (Å²) in [6.07, 6.45) is 1.08. The molecule has 152 valence electrons. The molecule has 30 heavy (non-hydrogen) atoms. The van der Waals surface area contributed by atoms with Crippen LogP contribution in [0, 0.1) is 0 Å². The molecule has 2 aliphatic rings. The van der Waals surface area contributed by atoms with E-state index in [1.165, 1.54) is 16.7 Å². The molecule has 2 heterocycles. The Balaban J connectivity index is 1.24. The Kier molecular flexibility index (Phi) is 5.11. The first kappa shape index (κ1) is 18.7. The zero-order chi connectivity index (χ0) is 20.3. The molecule has 3 aromatic carbocycles. The lowest BCUT2D eigenvalue weighted by atomic mass is 10.1. The Morgan fingerprint density at radius 1 is 0.933 bits per heavy atom. The van der Waals surface area contributed by atoms with E-state index in [9.17, 15) is 4.79 Å². The van der Waals surface area contributed by atoms with Gasteiger partial charge in [0.1, 0.15) is 6.17 Å². The molecule has 5 heteroatoms. The van der Waals surface area contributed by atoms with E-state index >= 15 is 0 Å². The zero-order valence-corrected chi connectivity index (χ0v) is 16.9. The molecule has 1 amide bonds. The number of carbonyl (C=O) groups excluding carboxylic acids is 1. The lowest BCUT2D eigenvalue weighted by molar-refractivity contribution is 0.0958. The van der Waals surface area contributed by atoms with Gasteiger partial charge in [-0.2, -0.15) is 0 Å². The van der Waals surface area contributed by atoms with Crippen LogP contribution in [-0.2, 0) is 13.0 Å². The van der Waals surface area contributed by atoms with E-state index in [2.05, 4.69) is 81.5 Å². The summed E-state index contributed by atoms with van der Waals surface area (Å²) in [5.74, 6) is 0.00808. The van der Waals surface area contributed by atoms with Crippen molar-refractivity contribution in [3.63, 3.8) is 0 Å². The lowest BCUT2D eigenvalue weighted by Gasteiger charge is -2.26. The number of carbonyl (C=O) groups is 1. The average molecular weight is 399 g/mol. The van der Waals surface area contributed by atoms with E-state index in [1.807, 2.05) is 12.1 Å². The Morgan fingerprint density at radius 2 is 1.77 bits per heavy atom. The predicted octanol–water partition coefficient (Wildman–Crippen LogP) is 3.69. The fourth-order valence-corrected chi connectivity index (χ4v) is 4.32. The van der Waals surface area contributed by atoms with Crippen LogP contribution in [-0.4, -0.2) is 25.5 Å². The van der Waals surface area contributed by atoms with E-state index < -0.39 is 0 Å². The molecule has 0 bridgehead atoms. The van der Waals surface area contributed by atoms with E-state index in [4.69, 9.17) is 0 Å². The average Bonchev–Trinajstić information content (AvgIpc) is 3.07. The van der Waals surface area contributed by atoms with Gasteiger partial charge in [-0.25, -0.2) is 0 Å². The van der Waals surface area contributed by atoms with Crippen molar-refractivity contribution in [2.75, 3.05) is 29.9 Å². The molecule has 5 rings (SSSR count). The van der Waals surface area contributed by atoms with Gasteiger partial charge in [-0.3, -0.25) is 4.79 Å². The number of amides is 1. The maximum absolute atomic E-state index is 12.4. The number of nitrogens with one attached hydrogen (secondary N) is 3. The molecule has 0 saturated heterocycles. The van der Waals surface area contributed by atoms with Crippen LogP contribution in [0.1, 0.15) is 33.2 Å². The van der Waals surface area contributed by atoms with E-state index in [-0.39, 0.29) is 12.1 Å². The van der Waals surface area contributed by atoms with Gasteiger partial charge in [0.2, 0.25) is 0 Å². The molecular weight excluding hydrogens is 372 g/mol. The quantitative estimate of drug-likeness (QED) is 0.555. The SMILES string of the molecule is O=C1NCCN2c3c(cccc31)NC2c1ccc(CNCCc2ccccc2)cc1. The molecule has 0 aromatic heterocycles. The number of benzene rings is 3. The normalized spacial score (nSPS) is 17.1. The third kappa shape index (κ3) is 3.64. The highest BCUT2D eigenvalue weighted by Crippen LogP contribution is 2.43. The second-order valence-electron chi connectivity index (χ2n) is 7.85. The van der Waals surface area contributed by atoms with Crippen LogP contribution in [0.3, 0.4) is 0 Å². The Labute approximate surface area is 177 Å². The zero-order valence-electron chi connectivity index (χ0n) is 16.9. The van der Waals surface area contributed by atoms with Gasteiger partial charge in [-0.15, -0.1) is 0 Å². The van der Waals surface area contributed by atoms with E-state index in [1.54, 1.807) is 0 Å². The van der Waals surface area contributed by atoms with E-state index in [0.717, 1.165) is 43.0 Å². The lowest BCUT2D eigenvalue weighted by Crippen LogP contribution is -2.33. The second-order valence-corrected chi connectivity index (χ2v) is 7.85. The van der Waals surface area contributed by atoms with Crippen LogP contribution in [0.5, 0.6) is 0 Å². The van der Waals surface area contributed by atoms with Crippen molar-refractivity contribution in [1.82, 2.24) is 10.6 Å². The van der Waals surface area contributed by atoms with Crippen LogP contribution in [0.2, 0.25) is 0 Å². The summed E-state index contributed by atoms with van der Waals surface area (Å²) in [5.41, 5.74) is 6.64. The largest absolute Gasteiger partial charge is 0.360 e. The molecule has 0 radical (unpaired) electrons. The third-order valence-electron chi connectivity index (χ3n) is 5.87. The van der Waals surface area contributed by atoms with Crippen molar-refractivity contribution in [3.05, 3.63) is 95.1 Å². The van der Waals surface area contributed by atoms with Gasteiger partial charge in [0, 0.05) is 19.6 Å². The van der Waals surface area contributed by atoms with Gasteiger partial charge in [0.15, 0.2) is 0 Å². The highest BCUT2D eigenvalue weighted by Gasteiger charge is 2.34. The Morgan fingerprint density at radius 3 is 2.60 bits per heavy atom. The van der Waals surface area contributed by atoms with Gasteiger partial charge in [0.25, 0.3) is 5.91 Å². The van der Waals surface area contributed by atoms with Gasteiger partial charge in [-0.05, 0) is 41.8 Å². The molecule has 3 aromatic rings. The molecular formula is C25H26N4O. The summed E-state index contributed by atoms with van der Waals surface area (Å²) in [7, 11) is 0. The Hall–Kier alpha value is -3.31.